The van der Waals surface area contributed by atoms with Crippen LogP contribution < -0.4 is 10.6 Å². The summed E-state index contributed by atoms with van der Waals surface area (Å²) in [6.45, 7) is 0.582. The van der Waals surface area contributed by atoms with Gasteiger partial charge in [-0.2, -0.15) is 0 Å². The van der Waals surface area contributed by atoms with Crippen LogP contribution in [-0.2, 0) is 4.79 Å². The average Bonchev–Trinajstić information content (AvgIpc) is 2.90. The first-order chi connectivity index (χ1) is 10.1. The van der Waals surface area contributed by atoms with E-state index < -0.39 is 5.97 Å². The van der Waals surface area contributed by atoms with E-state index in [0.717, 1.165) is 11.8 Å². The molecule has 1 fully saturated rings. The highest BCUT2D eigenvalue weighted by atomic mass is 16.4. The molecule has 2 heterocycles. The van der Waals surface area contributed by atoms with Crippen molar-refractivity contribution in [3.8, 4) is 0 Å². The summed E-state index contributed by atoms with van der Waals surface area (Å²) in [5.41, 5.74) is 0.762. The van der Waals surface area contributed by atoms with Crippen molar-refractivity contribution in [1.29, 1.82) is 0 Å². The minimum Gasteiger partial charge on any atom is -0.478 e. The molecule has 7 heteroatoms. The fourth-order valence-electron chi connectivity index (χ4n) is 2.38. The normalized spacial score (nSPS) is 17.7. The van der Waals surface area contributed by atoms with Gasteiger partial charge in [0.1, 0.15) is 12.1 Å². The SMILES string of the molecule is O=C1CCC(CNc2ncnc3cc(C(=O)O)ccc23)N1. The molecule has 1 aromatic heterocycles. The van der Waals surface area contributed by atoms with Gasteiger partial charge in [-0.1, -0.05) is 0 Å². The number of carboxylic acid groups (broad SMARTS) is 1. The number of nitrogens with one attached hydrogen (secondary N) is 2. The van der Waals surface area contributed by atoms with E-state index in [1.807, 2.05) is 0 Å². The van der Waals surface area contributed by atoms with Gasteiger partial charge in [0.05, 0.1) is 11.1 Å². The van der Waals surface area contributed by atoms with Crippen LogP contribution >= 0.6 is 0 Å². The van der Waals surface area contributed by atoms with E-state index in [9.17, 15) is 9.59 Å². The van der Waals surface area contributed by atoms with Crippen molar-refractivity contribution in [2.75, 3.05) is 11.9 Å². The molecule has 1 aliphatic rings. The number of carbonyl (C=O) groups is 2. The molecule has 7 nitrogen and oxygen atoms in total. The molecule has 1 aromatic carbocycles. The number of benzene rings is 1. The van der Waals surface area contributed by atoms with Crippen LogP contribution in [0.25, 0.3) is 10.9 Å². The van der Waals surface area contributed by atoms with Crippen molar-refractivity contribution < 1.29 is 14.7 Å². The molecule has 2 aromatic rings. The third-order valence-electron chi connectivity index (χ3n) is 3.48. The number of aromatic nitrogens is 2. The molecule has 1 unspecified atom stereocenters. The van der Waals surface area contributed by atoms with Crippen LogP contribution in [0, 0.1) is 0 Å². The van der Waals surface area contributed by atoms with Gasteiger partial charge in [0.2, 0.25) is 5.91 Å². The lowest BCUT2D eigenvalue weighted by atomic mass is 10.1. The highest BCUT2D eigenvalue weighted by Crippen LogP contribution is 2.21. The van der Waals surface area contributed by atoms with Crippen molar-refractivity contribution in [2.24, 2.45) is 0 Å². The monoisotopic (exact) mass is 286 g/mol. The minimum absolute atomic E-state index is 0.0699. The van der Waals surface area contributed by atoms with Gasteiger partial charge in [0.25, 0.3) is 0 Å². The molecule has 21 heavy (non-hydrogen) atoms. The molecule has 0 saturated carbocycles. The summed E-state index contributed by atoms with van der Waals surface area (Å²) in [5.74, 6) is -0.280. The highest BCUT2D eigenvalue weighted by molar-refractivity contribution is 5.96. The predicted molar refractivity (Wildman–Crippen MR) is 76.2 cm³/mol. The first kappa shape index (κ1) is 13.3. The van der Waals surface area contributed by atoms with Gasteiger partial charge in [-0.15, -0.1) is 0 Å². The lowest BCUT2D eigenvalue weighted by molar-refractivity contribution is -0.119. The molecule has 0 radical (unpaired) electrons. The Labute approximate surface area is 120 Å². The van der Waals surface area contributed by atoms with Gasteiger partial charge >= 0.3 is 5.97 Å². The summed E-state index contributed by atoms with van der Waals surface area (Å²) in [4.78, 5) is 30.4. The number of carboxylic acids is 1. The van der Waals surface area contributed by atoms with E-state index in [4.69, 9.17) is 5.11 Å². The standard InChI is InChI=1S/C14H14N4O3/c19-12-4-2-9(18-12)6-15-13-10-3-1-8(14(20)21)5-11(10)16-7-17-13/h1,3,5,7,9H,2,4,6H2,(H,18,19)(H,20,21)(H,15,16,17). The van der Waals surface area contributed by atoms with E-state index in [1.165, 1.54) is 18.5 Å². The molecule has 3 N–H and O–H groups in total. The molecule has 1 atom stereocenters. The third kappa shape index (κ3) is 2.76. The lowest BCUT2D eigenvalue weighted by Gasteiger charge is -2.13. The summed E-state index contributed by atoms with van der Waals surface area (Å²) < 4.78 is 0. The molecule has 1 amide bonds. The molecule has 1 aliphatic heterocycles. The maximum atomic E-state index is 11.2. The number of fused-ring (bicyclic) bond motifs is 1. The summed E-state index contributed by atoms with van der Waals surface area (Å²) in [6, 6.07) is 4.83. The van der Waals surface area contributed by atoms with Crippen LogP contribution in [0.1, 0.15) is 23.2 Å². The van der Waals surface area contributed by atoms with E-state index >= 15 is 0 Å². The van der Waals surface area contributed by atoms with E-state index in [2.05, 4.69) is 20.6 Å². The van der Waals surface area contributed by atoms with Gasteiger partial charge < -0.3 is 15.7 Å². The predicted octanol–water partition coefficient (Wildman–Crippen LogP) is 1.02. The van der Waals surface area contributed by atoms with Crippen LogP contribution in [0.4, 0.5) is 5.82 Å². The number of hydrogen-bond acceptors (Lipinski definition) is 5. The second-order valence-corrected chi connectivity index (χ2v) is 4.94. The van der Waals surface area contributed by atoms with Crippen molar-refractivity contribution >= 4 is 28.6 Å². The van der Waals surface area contributed by atoms with Crippen LogP contribution in [0.2, 0.25) is 0 Å². The molecule has 0 spiro atoms. The van der Waals surface area contributed by atoms with Crippen molar-refractivity contribution in [1.82, 2.24) is 15.3 Å². The molecule has 1 saturated heterocycles. The maximum Gasteiger partial charge on any atom is 0.335 e. The molecular formula is C14H14N4O3. The Morgan fingerprint density at radius 1 is 1.43 bits per heavy atom. The van der Waals surface area contributed by atoms with Crippen molar-refractivity contribution in [2.45, 2.75) is 18.9 Å². The highest BCUT2D eigenvalue weighted by Gasteiger charge is 2.20. The maximum absolute atomic E-state index is 11.2. The number of nitrogens with zero attached hydrogens (tertiary/aromatic N) is 2. The second kappa shape index (κ2) is 5.35. The Hall–Kier alpha value is -2.70. The fourth-order valence-corrected chi connectivity index (χ4v) is 2.38. The first-order valence-corrected chi connectivity index (χ1v) is 6.65. The van der Waals surface area contributed by atoms with E-state index in [1.54, 1.807) is 6.07 Å². The lowest BCUT2D eigenvalue weighted by Crippen LogP contribution is -2.32. The molecular weight excluding hydrogens is 272 g/mol. The van der Waals surface area contributed by atoms with Gasteiger partial charge in [-0.25, -0.2) is 14.8 Å². The number of rotatable bonds is 4. The van der Waals surface area contributed by atoms with Crippen LogP contribution in [-0.4, -0.2) is 39.5 Å². The number of hydrogen-bond donors (Lipinski definition) is 3. The largest absolute Gasteiger partial charge is 0.478 e. The zero-order valence-electron chi connectivity index (χ0n) is 11.2. The van der Waals surface area contributed by atoms with Gasteiger partial charge in [-0.3, -0.25) is 4.79 Å². The molecule has 0 bridgehead atoms. The third-order valence-corrected chi connectivity index (χ3v) is 3.48. The van der Waals surface area contributed by atoms with Gasteiger partial charge in [0, 0.05) is 24.4 Å². The topological polar surface area (TPSA) is 104 Å². The van der Waals surface area contributed by atoms with Crippen LogP contribution in [0.3, 0.4) is 0 Å². The smallest absolute Gasteiger partial charge is 0.335 e. The Morgan fingerprint density at radius 3 is 3.00 bits per heavy atom. The summed E-state index contributed by atoms with van der Waals surface area (Å²) in [5, 5.41) is 15.8. The molecule has 3 rings (SSSR count). The number of amides is 1. The Bertz CT molecular complexity index is 716. The summed E-state index contributed by atoms with van der Waals surface area (Å²) in [6.07, 6.45) is 2.75. The zero-order valence-corrected chi connectivity index (χ0v) is 11.2. The average molecular weight is 286 g/mol. The fraction of sp³-hybridized carbons (Fsp3) is 0.286. The quantitative estimate of drug-likeness (QED) is 0.775. The minimum atomic E-state index is -0.987. The van der Waals surface area contributed by atoms with Crippen LogP contribution in [0.15, 0.2) is 24.5 Å². The zero-order chi connectivity index (χ0) is 14.8. The van der Waals surface area contributed by atoms with Gasteiger partial charge in [0.15, 0.2) is 0 Å². The summed E-state index contributed by atoms with van der Waals surface area (Å²) in [7, 11) is 0. The Balaban J connectivity index is 1.82. The Kier molecular flexibility index (Phi) is 3.39. The number of aromatic carboxylic acids is 1. The number of carbonyl (C=O) groups excluding carboxylic acids is 1. The molecule has 0 aliphatic carbocycles. The van der Waals surface area contributed by atoms with E-state index in [0.29, 0.717) is 24.3 Å². The second-order valence-electron chi connectivity index (χ2n) is 4.94. The summed E-state index contributed by atoms with van der Waals surface area (Å²) >= 11 is 0. The first-order valence-electron chi connectivity index (χ1n) is 6.65. The van der Waals surface area contributed by atoms with Gasteiger partial charge in [-0.05, 0) is 24.6 Å². The van der Waals surface area contributed by atoms with Crippen LogP contribution in [0.5, 0.6) is 0 Å². The molecule has 108 valence electrons. The number of anilines is 1. The van der Waals surface area contributed by atoms with Crippen molar-refractivity contribution in [3.63, 3.8) is 0 Å². The van der Waals surface area contributed by atoms with E-state index in [-0.39, 0.29) is 17.5 Å². The Morgan fingerprint density at radius 2 is 2.29 bits per heavy atom. The van der Waals surface area contributed by atoms with Crippen molar-refractivity contribution in [3.05, 3.63) is 30.1 Å².